The van der Waals surface area contributed by atoms with E-state index in [0.717, 1.165) is 51.6 Å². The fraction of sp³-hybridized carbons (Fsp3) is 0.800. The summed E-state index contributed by atoms with van der Waals surface area (Å²) in [5.74, 6) is 2.08. The molecule has 4 heteroatoms. The lowest BCUT2D eigenvalue weighted by molar-refractivity contribution is 0.0607. The molecule has 1 saturated heterocycles. The van der Waals surface area contributed by atoms with Crippen LogP contribution in [0, 0.1) is 5.92 Å². The van der Waals surface area contributed by atoms with E-state index < -0.39 is 0 Å². The van der Waals surface area contributed by atoms with Gasteiger partial charge in [-0.15, -0.1) is 0 Å². The van der Waals surface area contributed by atoms with E-state index in [2.05, 4.69) is 16.8 Å². The van der Waals surface area contributed by atoms with Crippen LogP contribution in [0.25, 0.3) is 0 Å². The number of nitrogens with zero attached hydrogens (tertiary/aromatic N) is 2. The summed E-state index contributed by atoms with van der Waals surface area (Å²) in [7, 11) is 0. The first-order valence-corrected chi connectivity index (χ1v) is 7.74. The first-order chi connectivity index (χ1) is 9.38. The minimum atomic E-state index is 0.776. The van der Waals surface area contributed by atoms with Crippen LogP contribution < -0.4 is 5.32 Å². The molecule has 0 aromatic carbocycles. The number of ether oxygens (including phenoxy) is 1. The molecule has 2 aliphatic rings. The third-order valence-corrected chi connectivity index (χ3v) is 4.32. The Morgan fingerprint density at radius 1 is 1.37 bits per heavy atom. The fourth-order valence-electron chi connectivity index (χ4n) is 3.24. The monoisotopic (exact) mass is 263 g/mol. The summed E-state index contributed by atoms with van der Waals surface area (Å²) < 4.78 is 8.01. The Morgan fingerprint density at radius 3 is 3.00 bits per heavy atom. The number of hydrogen-bond acceptors (Lipinski definition) is 3. The van der Waals surface area contributed by atoms with Gasteiger partial charge in [-0.3, -0.25) is 0 Å². The first kappa shape index (κ1) is 13.1. The highest BCUT2D eigenvalue weighted by Crippen LogP contribution is 2.23. The van der Waals surface area contributed by atoms with Gasteiger partial charge in [0.2, 0.25) is 0 Å². The van der Waals surface area contributed by atoms with E-state index >= 15 is 0 Å². The lowest BCUT2D eigenvalue weighted by atomic mass is 10.00. The number of nitrogens with one attached hydrogen (secondary N) is 1. The molecule has 0 amide bonds. The number of rotatable bonds is 4. The summed E-state index contributed by atoms with van der Waals surface area (Å²) in [6.45, 7) is 7.31. The molecule has 0 atom stereocenters. The molecule has 2 aliphatic heterocycles. The molecular weight excluding hydrogens is 238 g/mol. The highest BCUT2D eigenvalue weighted by Gasteiger charge is 2.22. The molecule has 1 aromatic rings. The van der Waals surface area contributed by atoms with Crippen LogP contribution in [0.3, 0.4) is 0 Å². The van der Waals surface area contributed by atoms with Crippen molar-refractivity contribution in [2.45, 2.75) is 52.1 Å². The number of fused-ring (bicyclic) bond motifs is 1. The minimum Gasteiger partial charge on any atom is -0.381 e. The Balaban J connectivity index is 1.82. The average Bonchev–Trinajstić information content (AvgIpc) is 2.79. The summed E-state index contributed by atoms with van der Waals surface area (Å²) in [6, 6.07) is 0. The van der Waals surface area contributed by atoms with Crippen LogP contribution in [-0.4, -0.2) is 29.3 Å². The van der Waals surface area contributed by atoms with Crippen LogP contribution in [-0.2, 0) is 30.7 Å². The Morgan fingerprint density at radius 2 is 2.21 bits per heavy atom. The molecular formula is C15H25N3O. The highest BCUT2D eigenvalue weighted by atomic mass is 16.5. The maximum Gasteiger partial charge on any atom is 0.109 e. The van der Waals surface area contributed by atoms with Crippen molar-refractivity contribution in [2.75, 3.05) is 19.8 Å². The smallest absolute Gasteiger partial charge is 0.109 e. The van der Waals surface area contributed by atoms with Crippen LogP contribution in [0.4, 0.5) is 0 Å². The molecule has 3 heterocycles. The van der Waals surface area contributed by atoms with Crippen LogP contribution >= 0.6 is 0 Å². The number of aryl methyl sites for hydroxylation is 1. The Bertz CT molecular complexity index is 421. The summed E-state index contributed by atoms with van der Waals surface area (Å²) >= 11 is 0. The van der Waals surface area contributed by atoms with Gasteiger partial charge >= 0.3 is 0 Å². The average molecular weight is 263 g/mol. The lowest BCUT2D eigenvalue weighted by Gasteiger charge is -2.25. The van der Waals surface area contributed by atoms with E-state index in [-0.39, 0.29) is 0 Å². The number of aromatic nitrogens is 2. The van der Waals surface area contributed by atoms with Crippen molar-refractivity contribution in [1.29, 1.82) is 0 Å². The molecule has 0 radical (unpaired) electrons. The maximum atomic E-state index is 5.47. The van der Waals surface area contributed by atoms with Gasteiger partial charge in [-0.05, 0) is 25.2 Å². The fourth-order valence-corrected chi connectivity index (χ4v) is 3.24. The standard InChI is InChI=1S/C15H25N3O/c1-2-3-15-17-13-10-16-7-4-14(13)18(15)11-12-5-8-19-9-6-12/h12,16H,2-11H2,1H3. The maximum absolute atomic E-state index is 5.47. The van der Waals surface area contributed by atoms with E-state index in [0.29, 0.717) is 0 Å². The Hall–Kier alpha value is -0.870. The van der Waals surface area contributed by atoms with Gasteiger partial charge in [0.05, 0.1) is 5.69 Å². The van der Waals surface area contributed by atoms with Crippen molar-refractivity contribution in [3.05, 3.63) is 17.2 Å². The first-order valence-electron chi connectivity index (χ1n) is 7.74. The molecule has 19 heavy (non-hydrogen) atoms. The van der Waals surface area contributed by atoms with Crippen LogP contribution in [0.15, 0.2) is 0 Å². The van der Waals surface area contributed by atoms with Crippen molar-refractivity contribution < 1.29 is 4.74 Å². The van der Waals surface area contributed by atoms with Gasteiger partial charge in [-0.25, -0.2) is 4.98 Å². The Labute approximate surface area is 115 Å². The molecule has 1 aromatic heterocycles. The third-order valence-electron chi connectivity index (χ3n) is 4.32. The molecule has 0 bridgehead atoms. The SMILES string of the molecule is CCCc1nc2c(n1CC1CCOCC1)CCNC2. The second-order valence-corrected chi connectivity index (χ2v) is 5.76. The second kappa shape index (κ2) is 6.06. The highest BCUT2D eigenvalue weighted by molar-refractivity contribution is 5.20. The molecule has 0 aliphatic carbocycles. The summed E-state index contributed by atoms with van der Waals surface area (Å²) in [5.41, 5.74) is 2.79. The van der Waals surface area contributed by atoms with Crippen LogP contribution in [0.5, 0.6) is 0 Å². The van der Waals surface area contributed by atoms with Crippen molar-refractivity contribution >= 4 is 0 Å². The van der Waals surface area contributed by atoms with E-state index in [1.54, 1.807) is 0 Å². The molecule has 1 fully saturated rings. The van der Waals surface area contributed by atoms with Crippen molar-refractivity contribution in [3.8, 4) is 0 Å². The van der Waals surface area contributed by atoms with Gasteiger partial charge in [-0.2, -0.15) is 0 Å². The predicted octanol–water partition coefficient (Wildman–Crippen LogP) is 1.91. The normalized spacial score (nSPS) is 20.5. The summed E-state index contributed by atoms with van der Waals surface area (Å²) in [4.78, 5) is 4.88. The summed E-state index contributed by atoms with van der Waals surface area (Å²) in [6.07, 6.45) is 5.83. The van der Waals surface area contributed by atoms with Crippen molar-refractivity contribution in [2.24, 2.45) is 5.92 Å². The Kier molecular flexibility index (Phi) is 4.18. The molecule has 1 N–H and O–H groups in total. The second-order valence-electron chi connectivity index (χ2n) is 5.76. The molecule has 0 saturated carbocycles. The zero-order valence-corrected chi connectivity index (χ0v) is 12.0. The molecule has 0 spiro atoms. The van der Waals surface area contributed by atoms with E-state index in [1.807, 2.05) is 0 Å². The van der Waals surface area contributed by atoms with E-state index in [1.165, 1.54) is 36.5 Å². The van der Waals surface area contributed by atoms with Crippen molar-refractivity contribution in [1.82, 2.24) is 14.9 Å². The van der Waals surface area contributed by atoms with Gasteiger partial charge < -0.3 is 14.6 Å². The van der Waals surface area contributed by atoms with Gasteiger partial charge in [0.1, 0.15) is 5.82 Å². The predicted molar refractivity (Wildman–Crippen MR) is 75.2 cm³/mol. The zero-order chi connectivity index (χ0) is 13.1. The van der Waals surface area contributed by atoms with E-state index in [4.69, 9.17) is 9.72 Å². The van der Waals surface area contributed by atoms with Gasteiger partial charge in [-0.1, -0.05) is 6.92 Å². The molecule has 3 rings (SSSR count). The minimum absolute atomic E-state index is 0.776. The lowest BCUT2D eigenvalue weighted by Crippen LogP contribution is -2.27. The van der Waals surface area contributed by atoms with Crippen molar-refractivity contribution in [3.63, 3.8) is 0 Å². The third kappa shape index (κ3) is 2.84. The van der Waals surface area contributed by atoms with Crippen LogP contribution in [0.2, 0.25) is 0 Å². The summed E-state index contributed by atoms with van der Waals surface area (Å²) in [5, 5.41) is 3.43. The zero-order valence-electron chi connectivity index (χ0n) is 12.0. The quantitative estimate of drug-likeness (QED) is 0.902. The van der Waals surface area contributed by atoms with E-state index in [9.17, 15) is 0 Å². The largest absolute Gasteiger partial charge is 0.381 e. The van der Waals surface area contributed by atoms with Gasteiger partial charge in [0.15, 0.2) is 0 Å². The van der Waals surface area contributed by atoms with Gasteiger partial charge in [0.25, 0.3) is 0 Å². The van der Waals surface area contributed by atoms with Gasteiger partial charge in [0, 0.05) is 51.4 Å². The number of imidazole rings is 1. The molecule has 0 unspecified atom stereocenters. The molecule has 106 valence electrons. The molecule has 4 nitrogen and oxygen atoms in total. The number of hydrogen-bond donors (Lipinski definition) is 1. The van der Waals surface area contributed by atoms with Crippen LogP contribution in [0.1, 0.15) is 43.4 Å². The topological polar surface area (TPSA) is 39.1 Å².